The summed E-state index contributed by atoms with van der Waals surface area (Å²) >= 11 is 0. The summed E-state index contributed by atoms with van der Waals surface area (Å²) in [5, 5.41) is 12.9. The second-order valence-corrected chi connectivity index (χ2v) is 6.55. The van der Waals surface area contributed by atoms with Gasteiger partial charge in [-0.05, 0) is 35.4 Å². The first-order valence-electron chi connectivity index (χ1n) is 8.98. The van der Waals surface area contributed by atoms with Crippen molar-refractivity contribution in [1.29, 1.82) is 0 Å². The van der Waals surface area contributed by atoms with E-state index in [1.807, 2.05) is 28.7 Å². The molecular formula is C21H20N4O4. The van der Waals surface area contributed by atoms with Gasteiger partial charge in [0.1, 0.15) is 11.3 Å². The van der Waals surface area contributed by atoms with E-state index >= 15 is 0 Å². The number of imidazole rings is 1. The lowest BCUT2D eigenvalue weighted by Gasteiger charge is -2.13. The number of nitrogens with one attached hydrogen (secondary N) is 1. The Morgan fingerprint density at radius 3 is 2.66 bits per heavy atom. The van der Waals surface area contributed by atoms with Crippen molar-refractivity contribution in [2.75, 3.05) is 19.5 Å². The molecule has 0 aliphatic carbocycles. The van der Waals surface area contributed by atoms with Gasteiger partial charge in [0.15, 0.2) is 5.82 Å². The predicted octanol–water partition coefficient (Wildman–Crippen LogP) is 3.35. The van der Waals surface area contributed by atoms with Gasteiger partial charge >= 0.3 is 5.97 Å². The number of benzene rings is 2. The maximum Gasteiger partial charge on any atom is 0.336 e. The molecule has 0 aliphatic heterocycles. The summed E-state index contributed by atoms with van der Waals surface area (Å²) in [6, 6.07) is 11.1. The number of hydrogen-bond acceptors (Lipinski definition) is 6. The minimum atomic E-state index is -1.01. The zero-order valence-electron chi connectivity index (χ0n) is 16.0. The van der Waals surface area contributed by atoms with Gasteiger partial charge in [-0.3, -0.25) is 4.40 Å². The van der Waals surface area contributed by atoms with Crippen molar-refractivity contribution in [2.45, 2.75) is 13.2 Å². The van der Waals surface area contributed by atoms with Gasteiger partial charge in [0.05, 0.1) is 42.8 Å². The van der Waals surface area contributed by atoms with E-state index in [1.54, 1.807) is 31.8 Å². The van der Waals surface area contributed by atoms with Crippen molar-refractivity contribution in [3.05, 3.63) is 65.6 Å². The van der Waals surface area contributed by atoms with E-state index in [1.165, 1.54) is 7.11 Å². The summed E-state index contributed by atoms with van der Waals surface area (Å²) in [6.45, 7) is 0.761. The molecule has 0 radical (unpaired) electrons. The van der Waals surface area contributed by atoms with Crippen LogP contribution in [0.25, 0.3) is 16.6 Å². The molecule has 0 saturated heterocycles. The molecular weight excluding hydrogens is 372 g/mol. The number of rotatable bonds is 7. The van der Waals surface area contributed by atoms with Crippen molar-refractivity contribution in [1.82, 2.24) is 14.4 Å². The van der Waals surface area contributed by atoms with Gasteiger partial charge in [-0.25, -0.2) is 14.8 Å². The highest BCUT2D eigenvalue weighted by molar-refractivity contribution is 5.95. The summed E-state index contributed by atoms with van der Waals surface area (Å²) < 4.78 is 12.2. The van der Waals surface area contributed by atoms with Crippen LogP contribution in [0.1, 0.15) is 21.5 Å². The third kappa shape index (κ3) is 3.57. The molecule has 2 heterocycles. The van der Waals surface area contributed by atoms with Crippen LogP contribution >= 0.6 is 0 Å². The summed E-state index contributed by atoms with van der Waals surface area (Å²) in [5.41, 5.74) is 3.93. The van der Waals surface area contributed by atoms with E-state index in [4.69, 9.17) is 14.5 Å². The standard InChI is InChI=1S/C21H20N4O4/c1-28-11-14-7-17-18(8-16(14)21(26)27)25-12-22-10-19(25)20(24-17)23-9-13-3-5-15(29-2)6-4-13/h3-8,10,12H,9,11H2,1-2H3,(H,23,24)(H,26,27). The number of aromatic nitrogens is 3. The van der Waals surface area contributed by atoms with E-state index in [0.29, 0.717) is 29.0 Å². The van der Waals surface area contributed by atoms with Crippen molar-refractivity contribution in [2.24, 2.45) is 0 Å². The molecule has 0 saturated carbocycles. The number of ether oxygens (including phenoxy) is 2. The van der Waals surface area contributed by atoms with E-state index in [2.05, 4.69) is 10.3 Å². The fraction of sp³-hybridized carbons (Fsp3) is 0.190. The maximum absolute atomic E-state index is 11.7. The number of carbonyl (C=O) groups is 1. The maximum atomic E-state index is 11.7. The Morgan fingerprint density at radius 2 is 1.97 bits per heavy atom. The molecule has 0 aliphatic rings. The number of carboxylic acid groups (broad SMARTS) is 1. The quantitative estimate of drug-likeness (QED) is 0.498. The average Bonchev–Trinajstić information content (AvgIpc) is 3.22. The zero-order chi connectivity index (χ0) is 20.4. The molecule has 8 nitrogen and oxygen atoms in total. The smallest absolute Gasteiger partial charge is 0.336 e. The third-order valence-corrected chi connectivity index (χ3v) is 4.72. The topological polar surface area (TPSA) is 98.0 Å². The third-order valence-electron chi connectivity index (χ3n) is 4.72. The SMILES string of the molecule is COCc1cc2nc(NCc3ccc(OC)cc3)c3cncn3c2cc1C(=O)O. The van der Waals surface area contributed by atoms with Crippen molar-refractivity contribution >= 4 is 28.3 Å². The van der Waals surface area contributed by atoms with Gasteiger partial charge in [-0.2, -0.15) is 0 Å². The average molecular weight is 392 g/mol. The van der Waals surface area contributed by atoms with Crippen LogP contribution in [0.15, 0.2) is 48.9 Å². The Balaban J connectivity index is 1.76. The summed E-state index contributed by atoms with van der Waals surface area (Å²) in [5.74, 6) is 0.460. The Kier molecular flexibility index (Phi) is 5.01. The van der Waals surface area contributed by atoms with Crippen LogP contribution in [0.4, 0.5) is 5.82 Å². The molecule has 4 rings (SSSR count). The molecule has 148 valence electrons. The Morgan fingerprint density at radius 1 is 1.17 bits per heavy atom. The Bertz CT molecular complexity index is 1180. The molecule has 0 spiro atoms. The van der Waals surface area contributed by atoms with Crippen LogP contribution in [-0.2, 0) is 17.9 Å². The van der Waals surface area contributed by atoms with Crippen LogP contribution in [0.5, 0.6) is 5.75 Å². The summed E-state index contributed by atoms with van der Waals surface area (Å²) in [6.07, 6.45) is 3.35. The van der Waals surface area contributed by atoms with Gasteiger partial charge < -0.3 is 19.9 Å². The zero-order valence-corrected chi connectivity index (χ0v) is 16.0. The van der Waals surface area contributed by atoms with Crippen molar-refractivity contribution < 1.29 is 19.4 Å². The van der Waals surface area contributed by atoms with Gasteiger partial charge in [0, 0.05) is 13.7 Å². The molecule has 2 N–H and O–H groups in total. The lowest BCUT2D eigenvalue weighted by atomic mass is 10.1. The highest BCUT2D eigenvalue weighted by atomic mass is 16.5. The van der Waals surface area contributed by atoms with Crippen LogP contribution in [0.2, 0.25) is 0 Å². The molecule has 0 atom stereocenters. The van der Waals surface area contributed by atoms with Crippen LogP contribution in [-0.4, -0.2) is 39.7 Å². The molecule has 0 fully saturated rings. The second kappa shape index (κ2) is 7.76. The molecule has 29 heavy (non-hydrogen) atoms. The number of fused-ring (bicyclic) bond motifs is 3. The van der Waals surface area contributed by atoms with Crippen LogP contribution in [0.3, 0.4) is 0 Å². The lowest BCUT2D eigenvalue weighted by molar-refractivity contribution is 0.0692. The second-order valence-electron chi connectivity index (χ2n) is 6.55. The van der Waals surface area contributed by atoms with Gasteiger partial charge in [-0.15, -0.1) is 0 Å². The molecule has 0 amide bonds. The normalized spacial score (nSPS) is 11.1. The number of methoxy groups -OCH3 is 2. The van der Waals surface area contributed by atoms with E-state index in [-0.39, 0.29) is 12.2 Å². The van der Waals surface area contributed by atoms with Crippen molar-refractivity contribution in [3.63, 3.8) is 0 Å². The molecule has 2 aromatic carbocycles. The largest absolute Gasteiger partial charge is 0.497 e. The minimum Gasteiger partial charge on any atom is -0.497 e. The van der Waals surface area contributed by atoms with Gasteiger partial charge in [0.25, 0.3) is 0 Å². The number of carboxylic acids is 1. The molecule has 0 unspecified atom stereocenters. The van der Waals surface area contributed by atoms with E-state index in [9.17, 15) is 9.90 Å². The fourth-order valence-corrected chi connectivity index (χ4v) is 3.28. The first-order valence-corrected chi connectivity index (χ1v) is 8.98. The van der Waals surface area contributed by atoms with E-state index < -0.39 is 5.97 Å². The molecule has 0 bridgehead atoms. The van der Waals surface area contributed by atoms with Gasteiger partial charge in [0.2, 0.25) is 0 Å². The van der Waals surface area contributed by atoms with Gasteiger partial charge in [-0.1, -0.05) is 12.1 Å². The minimum absolute atomic E-state index is 0.190. The lowest BCUT2D eigenvalue weighted by Crippen LogP contribution is -2.07. The van der Waals surface area contributed by atoms with Crippen LogP contribution in [0, 0.1) is 0 Å². The van der Waals surface area contributed by atoms with E-state index in [0.717, 1.165) is 16.8 Å². The Hall–Kier alpha value is -3.65. The number of anilines is 1. The number of hydrogen-bond donors (Lipinski definition) is 2. The fourth-order valence-electron chi connectivity index (χ4n) is 3.28. The monoisotopic (exact) mass is 392 g/mol. The summed E-state index contributed by atoms with van der Waals surface area (Å²) in [7, 11) is 3.17. The molecule has 4 aromatic rings. The number of nitrogens with zero attached hydrogens (tertiary/aromatic N) is 3. The number of aromatic carboxylic acids is 1. The first kappa shape index (κ1) is 18.7. The summed E-state index contributed by atoms with van der Waals surface area (Å²) in [4.78, 5) is 20.6. The van der Waals surface area contributed by atoms with Crippen LogP contribution < -0.4 is 10.1 Å². The Labute approximate surface area is 166 Å². The molecule has 2 aromatic heterocycles. The highest BCUT2D eigenvalue weighted by Gasteiger charge is 2.16. The van der Waals surface area contributed by atoms with Crippen molar-refractivity contribution in [3.8, 4) is 5.75 Å². The first-order chi connectivity index (χ1) is 14.1. The predicted molar refractivity (Wildman–Crippen MR) is 108 cm³/mol. The highest BCUT2D eigenvalue weighted by Crippen LogP contribution is 2.26. The molecule has 8 heteroatoms.